The maximum atomic E-state index is 4.69. The van der Waals surface area contributed by atoms with E-state index in [0.29, 0.717) is 18.4 Å². The highest BCUT2D eigenvalue weighted by atomic mass is 16.5. The lowest BCUT2D eigenvalue weighted by Gasteiger charge is -2.15. The number of hydrogen-bond acceptors (Lipinski definition) is 4. The lowest BCUT2D eigenvalue weighted by molar-refractivity contribution is 0.403. The first-order valence-electron chi connectivity index (χ1n) is 5.43. The smallest absolute Gasteiger partial charge is 0.213 e. The van der Waals surface area contributed by atoms with E-state index in [1.165, 1.54) is 12.0 Å². The SMILES string of the molecule is CCC(NCc1ncon1)c1ccccc1. The second kappa shape index (κ2) is 5.42. The summed E-state index contributed by atoms with van der Waals surface area (Å²) < 4.78 is 4.69. The summed E-state index contributed by atoms with van der Waals surface area (Å²) in [5.41, 5.74) is 1.29. The van der Waals surface area contributed by atoms with Crippen LogP contribution in [0, 0.1) is 0 Å². The molecule has 1 aromatic carbocycles. The summed E-state index contributed by atoms with van der Waals surface area (Å²) in [6.07, 6.45) is 2.38. The Morgan fingerprint density at radius 2 is 2.12 bits per heavy atom. The van der Waals surface area contributed by atoms with Crippen LogP contribution in [0.3, 0.4) is 0 Å². The van der Waals surface area contributed by atoms with Crippen molar-refractivity contribution in [2.75, 3.05) is 0 Å². The van der Waals surface area contributed by atoms with Crippen LogP contribution in [0.5, 0.6) is 0 Å². The van der Waals surface area contributed by atoms with Crippen LogP contribution >= 0.6 is 0 Å². The second-order valence-corrected chi connectivity index (χ2v) is 3.60. The van der Waals surface area contributed by atoms with E-state index in [9.17, 15) is 0 Å². The van der Waals surface area contributed by atoms with Crippen LogP contribution in [0.1, 0.15) is 30.8 Å². The van der Waals surface area contributed by atoms with E-state index in [4.69, 9.17) is 0 Å². The Morgan fingerprint density at radius 3 is 2.75 bits per heavy atom. The van der Waals surface area contributed by atoms with Crippen molar-refractivity contribution in [3.63, 3.8) is 0 Å². The van der Waals surface area contributed by atoms with Gasteiger partial charge in [0.25, 0.3) is 0 Å². The summed E-state index contributed by atoms with van der Waals surface area (Å²) in [6, 6.07) is 10.7. The molecule has 2 rings (SSSR count). The fraction of sp³-hybridized carbons (Fsp3) is 0.333. The van der Waals surface area contributed by atoms with E-state index in [1.54, 1.807) is 0 Å². The van der Waals surface area contributed by atoms with Crippen molar-refractivity contribution >= 4 is 0 Å². The van der Waals surface area contributed by atoms with Crippen molar-refractivity contribution in [1.82, 2.24) is 15.5 Å². The van der Waals surface area contributed by atoms with Gasteiger partial charge in [0.2, 0.25) is 6.39 Å². The lowest BCUT2D eigenvalue weighted by atomic mass is 10.0. The number of nitrogens with zero attached hydrogens (tertiary/aromatic N) is 2. The van der Waals surface area contributed by atoms with Gasteiger partial charge in [-0.3, -0.25) is 0 Å². The minimum Gasteiger partial charge on any atom is -0.343 e. The highest BCUT2D eigenvalue weighted by Crippen LogP contribution is 2.15. The third-order valence-electron chi connectivity index (χ3n) is 2.52. The van der Waals surface area contributed by atoms with Crippen molar-refractivity contribution in [3.8, 4) is 0 Å². The average molecular weight is 217 g/mol. The van der Waals surface area contributed by atoms with Gasteiger partial charge in [0.05, 0.1) is 6.54 Å². The van der Waals surface area contributed by atoms with E-state index < -0.39 is 0 Å². The Hall–Kier alpha value is -1.68. The summed E-state index contributed by atoms with van der Waals surface area (Å²) >= 11 is 0. The number of nitrogens with one attached hydrogen (secondary N) is 1. The molecule has 1 heterocycles. The molecule has 4 heteroatoms. The van der Waals surface area contributed by atoms with Crippen LogP contribution in [-0.2, 0) is 6.54 Å². The van der Waals surface area contributed by atoms with Crippen molar-refractivity contribution in [3.05, 3.63) is 48.1 Å². The zero-order valence-electron chi connectivity index (χ0n) is 9.26. The van der Waals surface area contributed by atoms with Gasteiger partial charge in [-0.2, -0.15) is 4.98 Å². The lowest BCUT2D eigenvalue weighted by Crippen LogP contribution is -2.20. The van der Waals surface area contributed by atoms with Crippen LogP contribution < -0.4 is 5.32 Å². The second-order valence-electron chi connectivity index (χ2n) is 3.60. The third-order valence-corrected chi connectivity index (χ3v) is 2.52. The van der Waals surface area contributed by atoms with Crippen LogP contribution in [-0.4, -0.2) is 10.1 Å². The van der Waals surface area contributed by atoms with Crippen LogP contribution in [0.4, 0.5) is 0 Å². The van der Waals surface area contributed by atoms with Gasteiger partial charge < -0.3 is 9.84 Å². The first-order chi connectivity index (χ1) is 7.90. The maximum Gasteiger partial charge on any atom is 0.213 e. The van der Waals surface area contributed by atoms with E-state index in [2.05, 4.69) is 39.0 Å². The molecule has 16 heavy (non-hydrogen) atoms. The first kappa shape index (κ1) is 10.8. The molecular weight excluding hydrogens is 202 g/mol. The minimum atomic E-state index is 0.333. The highest BCUT2D eigenvalue weighted by molar-refractivity contribution is 5.18. The molecule has 0 spiro atoms. The summed E-state index contributed by atoms with van der Waals surface area (Å²) in [5.74, 6) is 0.689. The fourth-order valence-corrected chi connectivity index (χ4v) is 1.67. The Morgan fingerprint density at radius 1 is 1.31 bits per heavy atom. The Bertz CT molecular complexity index is 399. The zero-order valence-corrected chi connectivity index (χ0v) is 9.26. The molecule has 1 aromatic heterocycles. The number of benzene rings is 1. The fourth-order valence-electron chi connectivity index (χ4n) is 1.67. The van der Waals surface area contributed by atoms with Crippen LogP contribution in [0.25, 0.3) is 0 Å². The van der Waals surface area contributed by atoms with E-state index in [1.807, 2.05) is 18.2 Å². The van der Waals surface area contributed by atoms with Crippen molar-refractivity contribution < 1.29 is 4.52 Å². The minimum absolute atomic E-state index is 0.333. The molecule has 0 aliphatic rings. The molecule has 0 amide bonds. The van der Waals surface area contributed by atoms with E-state index >= 15 is 0 Å². The van der Waals surface area contributed by atoms with Gasteiger partial charge in [-0.15, -0.1) is 0 Å². The molecule has 0 saturated heterocycles. The summed E-state index contributed by atoms with van der Waals surface area (Å²) in [5, 5.41) is 7.17. The standard InChI is InChI=1S/C12H15N3O/c1-2-11(10-6-4-3-5-7-10)13-8-12-14-9-16-15-12/h3-7,9,11,13H,2,8H2,1H3. The van der Waals surface area contributed by atoms with Crippen LogP contribution in [0.2, 0.25) is 0 Å². The Kier molecular flexibility index (Phi) is 3.66. The largest absolute Gasteiger partial charge is 0.343 e. The third kappa shape index (κ3) is 2.67. The predicted octanol–water partition coefficient (Wildman–Crippen LogP) is 2.31. The zero-order chi connectivity index (χ0) is 11.2. The van der Waals surface area contributed by atoms with Gasteiger partial charge in [0.15, 0.2) is 5.82 Å². The van der Waals surface area contributed by atoms with Gasteiger partial charge in [-0.05, 0) is 12.0 Å². The van der Waals surface area contributed by atoms with Gasteiger partial charge in [-0.25, -0.2) is 0 Å². The van der Waals surface area contributed by atoms with Gasteiger partial charge in [-0.1, -0.05) is 42.4 Å². The molecular formula is C12H15N3O. The molecule has 0 fully saturated rings. The maximum absolute atomic E-state index is 4.69. The molecule has 1 unspecified atom stereocenters. The topological polar surface area (TPSA) is 51.0 Å². The number of aromatic nitrogens is 2. The molecule has 0 bridgehead atoms. The molecule has 2 aromatic rings. The Labute approximate surface area is 94.7 Å². The van der Waals surface area contributed by atoms with Gasteiger partial charge >= 0.3 is 0 Å². The summed E-state index contributed by atoms with van der Waals surface area (Å²) in [7, 11) is 0. The molecule has 1 N–H and O–H groups in total. The van der Waals surface area contributed by atoms with Crippen molar-refractivity contribution in [2.45, 2.75) is 25.9 Å². The van der Waals surface area contributed by atoms with Gasteiger partial charge in [0, 0.05) is 6.04 Å². The Balaban J connectivity index is 1.96. The molecule has 0 aliphatic heterocycles. The normalized spacial score (nSPS) is 12.6. The van der Waals surface area contributed by atoms with E-state index in [-0.39, 0.29) is 0 Å². The van der Waals surface area contributed by atoms with Crippen LogP contribution in [0.15, 0.2) is 41.2 Å². The molecule has 4 nitrogen and oxygen atoms in total. The molecule has 1 atom stereocenters. The quantitative estimate of drug-likeness (QED) is 0.835. The van der Waals surface area contributed by atoms with Crippen molar-refractivity contribution in [1.29, 1.82) is 0 Å². The molecule has 84 valence electrons. The number of rotatable bonds is 5. The summed E-state index contributed by atoms with van der Waals surface area (Å²) in [4.78, 5) is 3.98. The van der Waals surface area contributed by atoms with Crippen molar-refractivity contribution in [2.24, 2.45) is 0 Å². The predicted molar refractivity (Wildman–Crippen MR) is 60.6 cm³/mol. The molecule has 0 radical (unpaired) electrons. The average Bonchev–Trinajstić information content (AvgIpc) is 2.84. The number of hydrogen-bond donors (Lipinski definition) is 1. The first-order valence-corrected chi connectivity index (χ1v) is 5.43. The molecule has 0 aliphatic carbocycles. The molecule has 0 saturated carbocycles. The van der Waals surface area contributed by atoms with Gasteiger partial charge in [0.1, 0.15) is 0 Å². The summed E-state index contributed by atoms with van der Waals surface area (Å²) in [6.45, 7) is 2.78. The monoisotopic (exact) mass is 217 g/mol. The highest BCUT2D eigenvalue weighted by Gasteiger charge is 2.08. The van der Waals surface area contributed by atoms with E-state index in [0.717, 1.165) is 6.42 Å².